The number of hydrogen-bond donors (Lipinski definition) is 1. The summed E-state index contributed by atoms with van der Waals surface area (Å²) in [5.41, 5.74) is 6.22. The van der Waals surface area contributed by atoms with Crippen LogP contribution in [0.25, 0.3) is 0 Å². The lowest BCUT2D eigenvalue weighted by Gasteiger charge is -2.18. The van der Waals surface area contributed by atoms with Crippen molar-refractivity contribution in [2.45, 2.75) is 44.1 Å². The first kappa shape index (κ1) is 19.3. The molecule has 1 amide bonds. The number of carbonyl (C=O) groups is 1. The van der Waals surface area contributed by atoms with E-state index in [4.69, 9.17) is 0 Å². The van der Waals surface area contributed by atoms with E-state index in [-0.39, 0.29) is 16.6 Å². The molecule has 1 atom stereocenters. The molecule has 1 N–H and O–H groups in total. The van der Waals surface area contributed by atoms with Gasteiger partial charge in [0.25, 0.3) is 5.91 Å². The van der Waals surface area contributed by atoms with Crippen molar-refractivity contribution in [3.63, 3.8) is 0 Å². The van der Waals surface area contributed by atoms with Gasteiger partial charge in [-0.25, -0.2) is 5.43 Å². The zero-order valence-corrected chi connectivity index (χ0v) is 16.1. The minimum atomic E-state index is -0.152. The van der Waals surface area contributed by atoms with Crippen LogP contribution in [0.2, 0.25) is 0 Å². The van der Waals surface area contributed by atoms with Gasteiger partial charge in [-0.05, 0) is 29.0 Å². The van der Waals surface area contributed by atoms with Gasteiger partial charge in [0, 0.05) is 5.75 Å². The smallest absolute Gasteiger partial charge is 0.252 e. The van der Waals surface area contributed by atoms with Gasteiger partial charge in [0.05, 0.1) is 11.5 Å². The van der Waals surface area contributed by atoms with Gasteiger partial charge in [-0.3, -0.25) is 4.79 Å². The molecular weight excluding hydrogens is 328 g/mol. The zero-order valence-electron chi connectivity index (χ0n) is 15.3. The Labute approximate surface area is 154 Å². The van der Waals surface area contributed by atoms with Crippen molar-refractivity contribution in [2.24, 2.45) is 5.10 Å². The second-order valence-corrected chi connectivity index (χ2v) is 8.37. The molecular formula is C21H26N2OS. The quantitative estimate of drug-likeness (QED) is 0.600. The third kappa shape index (κ3) is 6.39. The SMILES string of the molecule is C[C@@H](SCc1ccccc1)C(=O)N/N=C\c1ccc(C(C)(C)C)cc1. The van der Waals surface area contributed by atoms with E-state index in [1.165, 1.54) is 11.1 Å². The molecule has 0 heterocycles. The van der Waals surface area contributed by atoms with Gasteiger partial charge >= 0.3 is 0 Å². The highest BCUT2D eigenvalue weighted by molar-refractivity contribution is 7.99. The molecule has 0 radical (unpaired) electrons. The highest BCUT2D eigenvalue weighted by Crippen LogP contribution is 2.21. The van der Waals surface area contributed by atoms with Crippen LogP contribution in [0.3, 0.4) is 0 Å². The van der Waals surface area contributed by atoms with E-state index in [1.807, 2.05) is 37.3 Å². The second kappa shape index (κ2) is 8.86. The minimum absolute atomic E-state index is 0.0801. The Balaban J connectivity index is 1.81. The van der Waals surface area contributed by atoms with Gasteiger partial charge in [-0.2, -0.15) is 5.10 Å². The van der Waals surface area contributed by atoms with Crippen LogP contribution in [0.5, 0.6) is 0 Å². The Kier molecular flexibility index (Phi) is 6.82. The monoisotopic (exact) mass is 354 g/mol. The highest BCUT2D eigenvalue weighted by Gasteiger charge is 2.13. The molecule has 2 aromatic carbocycles. The number of benzene rings is 2. The summed E-state index contributed by atoms with van der Waals surface area (Å²) in [5, 5.41) is 3.92. The number of nitrogens with one attached hydrogen (secondary N) is 1. The number of thioether (sulfide) groups is 1. The Morgan fingerprint density at radius 1 is 1.12 bits per heavy atom. The predicted octanol–water partition coefficient (Wildman–Crippen LogP) is 4.76. The Morgan fingerprint density at radius 3 is 2.36 bits per heavy atom. The summed E-state index contributed by atoms with van der Waals surface area (Å²) in [4.78, 5) is 12.1. The van der Waals surface area contributed by atoms with Crippen LogP contribution < -0.4 is 5.43 Å². The molecule has 3 nitrogen and oxygen atoms in total. The third-order valence-electron chi connectivity index (χ3n) is 3.88. The Hall–Kier alpha value is -2.07. The normalized spacial score (nSPS) is 13.0. The van der Waals surface area contributed by atoms with Crippen LogP contribution in [0.15, 0.2) is 59.7 Å². The van der Waals surface area contributed by atoms with E-state index < -0.39 is 0 Å². The average Bonchev–Trinajstić information content (AvgIpc) is 2.60. The Bertz CT molecular complexity index is 703. The standard InChI is InChI=1S/C21H26N2OS/c1-16(25-15-18-8-6-5-7-9-18)20(24)23-22-14-17-10-12-19(13-11-17)21(2,3)4/h5-14,16H,15H2,1-4H3,(H,23,24)/b22-14-/t16-/m1/s1. The maximum atomic E-state index is 12.1. The fourth-order valence-corrected chi connectivity index (χ4v) is 3.04. The molecule has 25 heavy (non-hydrogen) atoms. The van der Waals surface area contributed by atoms with Gasteiger partial charge in [0.15, 0.2) is 0 Å². The van der Waals surface area contributed by atoms with Crippen molar-refractivity contribution in [1.82, 2.24) is 5.43 Å². The Morgan fingerprint density at radius 2 is 1.76 bits per heavy atom. The van der Waals surface area contributed by atoms with E-state index >= 15 is 0 Å². The third-order valence-corrected chi connectivity index (χ3v) is 5.09. The summed E-state index contributed by atoms with van der Waals surface area (Å²) in [6, 6.07) is 18.4. The van der Waals surface area contributed by atoms with Gasteiger partial charge in [-0.1, -0.05) is 75.4 Å². The van der Waals surface area contributed by atoms with E-state index in [9.17, 15) is 4.79 Å². The van der Waals surface area contributed by atoms with Crippen LogP contribution in [-0.4, -0.2) is 17.4 Å². The lowest BCUT2D eigenvalue weighted by molar-refractivity contribution is -0.120. The molecule has 2 aromatic rings. The minimum Gasteiger partial charge on any atom is -0.272 e. The fourth-order valence-electron chi connectivity index (χ4n) is 2.20. The van der Waals surface area contributed by atoms with E-state index in [0.717, 1.165) is 11.3 Å². The van der Waals surface area contributed by atoms with Crippen LogP contribution in [0.1, 0.15) is 44.4 Å². The summed E-state index contributed by atoms with van der Waals surface area (Å²) in [6.07, 6.45) is 1.68. The molecule has 0 spiro atoms. The maximum absolute atomic E-state index is 12.1. The largest absolute Gasteiger partial charge is 0.272 e. The van der Waals surface area contributed by atoms with E-state index in [1.54, 1.807) is 18.0 Å². The predicted molar refractivity (Wildman–Crippen MR) is 108 cm³/mol. The molecule has 0 aliphatic rings. The summed E-state index contributed by atoms with van der Waals surface area (Å²) in [5.74, 6) is 0.733. The average molecular weight is 355 g/mol. The first-order valence-electron chi connectivity index (χ1n) is 8.45. The molecule has 0 aliphatic heterocycles. The maximum Gasteiger partial charge on any atom is 0.252 e. The van der Waals surface area contributed by atoms with E-state index in [0.29, 0.717) is 0 Å². The molecule has 0 aromatic heterocycles. The molecule has 0 saturated heterocycles. The summed E-state index contributed by atoms with van der Waals surface area (Å²) in [7, 11) is 0. The number of hydrogen-bond acceptors (Lipinski definition) is 3. The lowest BCUT2D eigenvalue weighted by Crippen LogP contribution is -2.27. The van der Waals surface area contributed by atoms with Crippen molar-refractivity contribution in [2.75, 3.05) is 0 Å². The fraction of sp³-hybridized carbons (Fsp3) is 0.333. The van der Waals surface area contributed by atoms with Gasteiger partial charge in [-0.15, -0.1) is 11.8 Å². The molecule has 0 aliphatic carbocycles. The van der Waals surface area contributed by atoms with Crippen molar-refractivity contribution < 1.29 is 4.79 Å². The number of nitrogens with zero attached hydrogens (tertiary/aromatic N) is 1. The van der Waals surface area contributed by atoms with Crippen LogP contribution in [-0.2, 0) is 16.0 Å². The summed E-state index contributed by atoms with van der Waals surface area (Å²) < 4.78 is 0. The first-order chi connectivity index (χ1) is 11.9. The van der Waals surface area contributed by atoms with Crippen LogP contribution in [0, 0.1) is 0 Å². The highest BCUT2D eigenvalue weighted by atomic mass is 32.2. The lowest BCUT2D eigenvalue weighted by atomic mass is 9.87. The van der Waals surface area contributed by atoms with Crippen LogP contribution in [0.4, 0.5) is 0 Å². The molecule has 4 heteroatoms. The molecule has 132 valence electrons. The van der Waals surface area contributed by atoms with Crippen molar-refractivity contribution in [3.05, 3.63) is 71.3 Å². The number of hydrazone groups is 1. The van der Waals surface area contributed by atoms with Crippen molar-refractivity contribution in [1.29, 1.82) is 0 Å². The topological polar surface area (TPSA) is 41.5 Å². The van der Waals surface area contributed by atoms with Gasteiger partial charge in [0.2, 0.25) is 0 Å². The van der Waals surface area contributed by atoms with Crippen molar-refractivity contribution >= 4 is 23.9 Å². The zero-order chi connectivity index (χ0) is 18.3. The van der Waals surface area contributed by atoms with E-state index in [2.05, 4.69) is 55.6 Å². The number of rotatable bonds is 6. The van der Waals surface area contributed by atoms with Gasteiger partial charge < -0.3 is 0 Å². The van der Waals surface area contributed by atoms with Crippen LogP contribution >= 0.6 is 11.8 Å². The molecule has 0 bridgehead atoms. The molecule has 0 fully saturated rings. The molecule has 0 saturated carbocycles. The molecule has 2 rings (SSSR count). The number of carbonyl (C=O) groups excluding carboxylic acids is 1. The summed E-state index contributed by atoms with van der Waals surface area (Å²) >= 11 is 1.60. The molecule has 0 unspecified atom stereocenters. The second-order valence-electron chi connectivity index (χ2n) is 7.05. The summed E-state index contributed by atoms with van der Waals surface area (Å²) in [6.45, 7) is 8.46. The van der Waals surface area contributed by atoms with Crippen molar-refractivity contribution in [3.8, 4) is 0 Å². The van der Waals surface area contributed by atoms with Gasteiger partial charge in [0.1, 0.15) is 0 Å². The first-order valence-corrected chi connectivity index (χ1v) is 9.50. The number of amides is 1.